The minimum Gasteiger partial charge on any atom is -0.237 e. The highest BCUT2D eigenvalue weighted by atomic mass is 15.0. The summed E-state index contributed by atoms with van der Waals surface area (Å²) >= 11 is 0. The number of pyridine rings is 1. The van der Waals surface area contributed by atoms with E-state index in [0.717, 1.165) is 22.1 Å². The van der Waals surface area contributed by atoms with E-state index in [1.165, 1.54) is 0 Å². The van der Waals surface area contributed by atoms with Crippen LogP contribution in [0.5, 0.6) is 0 Å². The Morgan fingerprint density at radius 3 is 3.25 bits per heavy atom. The Morgan fingerprint density at radius 2 is 2.25 bits per heavy atom. The quantitative estimate of drug-likeness (QED) is 0.526. The lowest BCUT2D eigenvalue weighted by atomic mass is 10.2. The van der Waals surface area contributed by atoms with Crippen LogP contribution in [-0.4, -0.2) is 11.2 Å². The van der Waals surface area contributed by atoms with Crippen LogP contribution >= 0.6 is 0 Å². The molecule has 0 aromatic carbocycles. The molecule has 3 nitrogen and oxygen atoms in total. The van der Waals surface area contributed by atoms with E-state index in [0.29, 0.717) is 0 Å². The van der Waals surface area contributed by atoms with Gasteiger partial charge in [0.25, 0.3) is 0 Å². The average Bonchev–Trinajstić information content (AvgIpc) is 2.64. The first-order chi connectivity index (χ1) is 5.93. The molecule has 1 aromatic rings. The maximum Gasteiger partial charge on any atom is 0.161 e. The normalized spacial score (nSPS) is 15.3. The summed E-state index contributed by atoms with van der Waals surface area (Å²) in [5, 5.41) is 1.08. The van der Waals surface area contributed by atoms with Crippen LogP contribution in [0.4, 0.5) is 5.82 Å². The summed E-state index contributed by atoms with van der Waals surface area (Å²) in [6.07, 6.45) is 7.43. The molecule has 3 heteroatoms. The van der Waals surface area contributed by atoms with Gasteiger partial charge in [0.1, 0.15) is 0 Å². The Labute approximate surface area is 68.5 Å². The molecule has 0 N–H and O–H groups in total. The van der Waals surface area contributed by atoms with Gasteiger partial charge < -0.3 is 0 Å². The summed E-state index contributed by atoms with van der Waals surface area (Å²) in [5.74, 6) is 0.779. The van der Waals surface area contributed by atoms with Crippen LogP contribution in [0.15, 0.2) is 22.3 Å². The fraction of sp³-hybridized carbons (Fsp3) is 0. The number of hydrogen-bond acceptors (Lipinski definition) is 3. The van der Waals surface area contributed by atoms with Gasteiger partial charge in [0.05, 0.1) is 0 Å². The molecule has 3 rings (SSSR count). The van der Waals surface area contributed by atoms with Crippen molar-refractivity contribution >= 4 is 24.2 Å². The smallest absolute Gasteiger partial charge is 0.161 e. The Morgan fingerprint density at radius 1 is 1.25 bits per heavy atom. The van der Waals surface area contributed by atoms with Gasteiger partial charge in [-0.3, -0.25) is 0 Å². The van der Waals surface area contributed by atoms with Gasteiger partial charge in [0.2, 0.25) is 0 Å². The predicted molar refractivity (Wildman–Crippen MR) is 46.7 cm³/mol. The van der Waals surface area contributed by atoms with Crippen LogP contribution < -0.4 is 10.7 Å². The van der Waals surface area contributed by atoms with E-state index in [2.05, 4.69) is 21.0 Å². The van der Waals surface area contributed by atoms with Crippen molar-refractivity contribution in [2.45, 2.75) is 0 Å². The first kappa shape index (κ1) is 5.83. The van der Waals surface area contributed by atoms with Gasteiger partial charge in [0, 0.05) is 23.2 Å². The van der Waals surface area contributed by atoms with Crippen molar-refractivity contribution in [3.63, 3.8) is 0 Å². The molecule has 0 saturated carbocycles. The van der Waals surface area contributed by atoms with Crippen LogP contribution in [0, 0.1) is 0 Å². The van der Waals surface area contributed by atoms with E-state index in [9.17, 15) is 0 Å². The molecule has 1 aromatic heterocycles. The second-order valence-corrected chi connectivity index (χ2v) is 2.70. The highest BCUT2D eigenvalue weighted by Gasteiger charge is 2.05. The number of aromatic nitrogens is 1. The molecule has 0 radical (unpaired) electrons. The third kappa shape index (κ3) is 0.625. The summed E-state index contributed by atoms with van der Waals surface area (Å²) in [6, 6.07) is 2.05. The minimum atomic E-state index is 0.779. The zero-order valence-electron chi connectivity index (χ0n) is 6.23. The van der Waals surface area contributed by atoms with Crippen molar-refractivity contribution in [3.05, 3.63) is 28.5 Å². The van der Waals surface area contributed by atoms with Crippen LogP contribution in [-0.2, 0) is 0 Å². The van der Waals surface area contributed by atoms with Crippen molar-refractivity contribution in [3.8, 4) is 0 Å². The first-order valence-corrected chi connectivity index (χ1v) is 3.73. The van der Waals surface area contributed by atoms with Crippen molar-refractivity contribution in [2.75, 3.05) is 0 Å². The van der Waals surface area contributed by atoms with Crippen LogP contribution in [0.1, 0.15) is 5.56 Å². The molecule has 0 unspecified atom stereocenters. The average molecular weight is 155 g/mol. The van der Waals surface area contributed by atoms with Gasteiger partial charge in [-0.05, 0) is 18.2 Å². The molecular weight excluding hydrogens is 150 g/mol. The third-order valence-electron chi connectivity index (χ3n) is 1.94. The van der Waals surface area contributed by atoms with E-state index in [-0.39, 0.29) is 0 Å². The van der Waals surface area contributed by atoms with E-state index in [1.54, 1.807) is 12.4 Å². The number of rotatable bonds is 0. The van der Waals surface area contributed by atoms with Gasteiger partial charge in [-0.1, -0.05) is 0 Å². The summed E-state index contributed by atoms with van der Waals surface area (Å²) in [7, 11) is 0. The monoisotopic (exact) mass is 155 g/mol. The van der Waals surface area contributed by atoms with Crippen LogP contribution in [0.2, 0.25) is 0 Å². The maximum absolute atomic E-state index is 4.28. The molecule has 0 atom stereocenters. The maximum atomic E-state index is 4.28. The lowest BCUT2D eigenvalue weighted by molar-refractivity contribution is 1.13. The van der Waals surface area contributed by atoms with Gasteiger partial charge >= 0.3 is 0 Å². The lowest BCUT2D eigenvalue weighted by Gasteiger charge is -1.91. The Kier molecular flexibility index (Phi) is 0.913. The lowest BCUT2D eigenvalue weighted by Crippen LogP contribution is -2.15. The highest BCUT2D eigenvalue weighted by Crippen LogP contribution is 2.05. The van der Waals surface area contributed by atoms with Crippen molar-refractivity contribution in [1.82, 2.24) is 4.98 Å². The number of aliphatic imine (C=N–C) groups is 1. The number of hydrogen-bond donors (Lipinski definition) is 0. The van der Waals surface area contributed by atoms with E-state index in [4.69, 9.17) is 0 Å². The van der Waals surface area contributed by atoms with E-state index < -0.39 is 0 Å². The minimum absolute atomic E-state index is 0.779. The summed E-state index contributed by atoms with van der Waals surface area (Å²) < 4.78 is 0. The fourth-order valence-corrected chi connectivity index (χ4v) is 1.35. The van der Waals surface area contributed by atoms with Crippen LogP contribution in [0.25, 0.3) is 12.2 Å². The number of fused-ring (bicyclic) bond motifs is 2. The van der Waals surface area contributed by atoms with Crippen LogP contribution in [0.3, 0.4) is 0 Å². The second-order valence-electron chi connectivity index (χ2n) is 2.70. The van der Waals surface area contributed by atoms with Crippen molar-refractivity contribution < 1.29 is 0 Å². The molecule has 3 heterocycles. The second kappa shape index (κ2) is 1.88. The van der Waals surface area contributed by atoms with E-state index in [1.807, 2.05) is 12.2 Å². The first-order valence-electron chi connectivity index (χ1n) is 3.73. The highest BCUT2D eigenvalue weighted by molar-refractivity contribution is 5.96. The molecule has 0 amide bonds. The molecular formula is C9H5N3. The molecule has 2 aliphatic heterocycles. The molecule has 0 spiro atoms. The van der Waals surface area contributed by atoms with Gasteiger partial charge in [-0.2, -0.15) is 0 Å². The molecule has 0 fully saturated rings. The molecule has 56 valence electrons. The van der Waals surface area contributed by atoms with E-state index >= 15 is 0 Å². The standard InChI is InChI=1S/C9H5N3/c1-3-10-8-6(1)5-7-2-4-11-9(7)12-8/h1-5H. The molecule has 0 bridgehead atoms. The zero-order chi connectivity index (χ0) is 7.97. The largest absolute Gasteiger partial charge is 0.237 e. The molecule has 0 aliphatic carbocycles. The Hall–Kier alpha value is -1.77. The Balaban J connectivity index is 2.50. The Bertz CT molecular complexity index is 474. The fourth-order valence-electron chi connectivity index (χ4n) is 1.35. The third-order valence-corrected chi connectivity index (χ3v) is 1.94. The van der Waals surface area contributed by atoms with Gasteiger partial charge in [-0.25, -0.2) is 15.0 Å². The summed E-state index contributed by atoms with van der Waals surface area (Å²) in [6.45, 7) is 0. The van der Waals surface area contributed by atoms with Gasteiger partial charge in [-0.15, -0.1) is 0 Å². The predicted octanol–water partition coefficient (Wildman–Crippen LogP) is 0.182. The van der Waals surface area contributed by atoms with Crippen molar-refractivity contribution in [2.24, 2.45) is 9.98 Å². The summed E-state index contributed by atoms with van der Waals surface area (Å²) in [4.78, 5) is 12.5. The number of nitrogens with zero attached hydrogens (tertiary/aromatic N) is 3. The summed E-state index contributed by atoms with van der Waals surface area (Å²) in [5.41, 5.74) is 1.86. The SMILES string of the molecule is C1=Cc2cc3c(nc2=N1)N=CC=3. The molecule has 2 aliphatic rings. The zero-order valence-corrected chi connectivity index (χ0v) is 6.23. The molecule has 0 saturated heterocycles. The molecule has 12 heavy (non-hydrogen) atoms. The topological polar surface area (TPSA) is 37.6 Å². The van der Waals surface area contributed by atoms with Crippen molar-refractivity contribution in [1.29, 1.82) is 0 Å². The van der Waals surface area contributed by atoms with Gasteiger partial charge in [0.15, 0.2) is 11.3 Å².